The molecule has 0 bridgehead atoms. The zero-order chi connectivity index (χ0) is 17.6. The number of benzene rings is 1. The minimum absolute atomic E-state index is 0.152. The molecule has 0 aliphatic rings. The lowest BCUT2D eigenvalue weighted by Crippen LogP contribution is -2.25. The molecule has 1 heterocycles. The number of amides is 1. The van der Waals surface area contributed by atoms with Gasteiger partial charge in [-0.3, -0.25) is 4.79 Å². The van der Waals surface area contributed by atoms with Crippen LogP contribution in [-0.4, -0.2) is 38.2 Å². The average Bonchev–Trinajstić information content (AvgIpc) is 3.00. The van der Waals surface area contributed by atoms with Gasteiger partial charge in [0, 0.05) is 13.5 Å². The molecular weight excluding hydrogens is 352 g/mol. The van der Waals surface area contributed by atoms with Crippen molar-refractivity contribution in [3.8, 4) is 5.75 Å². The van der Waals surface area contributed by atoms with Crippen LogP contribution in [0, 0.1) is 0 Å². The number of rotatable bonds is 8. The van der Waals surface area contributed by atoms with E-state index >= 15 is 0 Å². The van der Waals surface area contributed by atoms with Crippen LogP contribution in [0.3, 0.4) is 0 Å². The average molecular weight is 370 g/mol. The van der Waals surface area contributed by atoms with E-state index in [9.17, 15) is 13.2 Å². The highest BCUT2D eigenvalue weighted by Gasteiger charge is 2.19. The Hall–Kier alpha value is -2.04. The number of aryl methyl sites for hydroxylation is 1. The smallest absolute Gasteiger partial charge is 0.269 e. The number of carbonyl (C=O) groups is 1. The van der Waals surface area contributed by atoms with Crippen molar-refractivity contribution in [3.05, 3.63) is 29.8 Å². The number of anilines is 1. The van der Waals surface area contributed by atoms with Crippen LogP contribution in [0.25, 0.3) is 0 Å². The van der Waals surface area contributed by atoms with Crippen LogP contribution in [0.5, 0.6) is 5.75 Å². The lowest BCUT2D eigenvalue weighted by Gasteiger charge is -2.05. The highest BCUT2D eigenvalue weighted by Crippen LogP contribution is 2.19. The van der Waals surface area contributed by atoms with Crippen LogP contribution in [0.2, 0.25) is 0 Å². The minimum atomic E-state index is -3.72. The maximum absolute atomic E-state index is 12.1. The van der Waals surface area contributed by atoms with E-state index in [4.69, 9.17) is 4.74 Å². The van der Waals surface area contributed by atoms with E-state index in [-0.39, 0.29) is 21.9 Å². The molecule has 1 amide bonds. The largest absolute Gasteiger partial charge is 0.497 e. The fourth-order valence-electron chi connectivity index (χ4n) is 1.91. The Kier molecular flexibility index (Phi) is 6.23. The van der Waals surface area contributed by atoms with E-state index in [1.807, 2.05) is 24.3 Å². The lowest BCUT2D eigenvalue weighted by atomic mass is 10.1. The highest BCUT2D eigenvalue weighted by molar-refractivity contribution is 7.91. The Bertz CT molecular complexity index is 805. The van der Waals surface area contributed by atoms with Gasteiger partial charge in [0.1, 0.15) is 5.75 Å². The first kappa shape index (κ1) is 18.3. The summed E-state index contributed by atoms with van der Waals surface area (Å²) in [6, 6.07) is 7.62. The van der Waals surface area contributed by atoms with Crippen molar-refractivity contribution in [1.29, 1.82) is 0 Å². The fourth-order valence-corrected chi connectivity index (χ4v) is 3.97. The van der Waals surface area contributed by atoms with Gasteiger partial charge in [0.15, 0.2) is 0 Å². The minimum Gasteiger partial charge on any atom is -0.497 e. The van der Waals surface area contributed by atoms with Crippen molar-refractivity contribution in [3.63, 3.8) is 0 Å². The number of sulfonamides is 1. The third-order valence-electron chi connectivity index (χ3n) is 2.99. The lowest BCUT2D eigenvalue weighted by molar-refractivity contribution is -0.114. The van der Waals surface area contributed by atoms with Gasteiger partial charge >= 0.3 is 0 Å². The van der Waals surface area contributed by atoms with Crippen LogP contribution in [0.15, 0.2) is 28.6 Å². The summed E-state index contributed by atoms with van der Waals surface area (Å²) in [6.07, 6.45) is 1.34. The Morgan fingerprint density at radius 1 is 1.33 bits per heavy atom. The number of carbonyl (C=O) groups excluding carboxylic acids is 1. The van der Waals surface area contributed by atoms with E-state index in [1.165, 1.54) is 6.92 Å². The first-order chi connectivity index (χ1) is 11.4. The Morgan fingerprint density at radius 3 is 2.83 bits per heavy atom. The molecule has 24 heavy (non-hydrogen) atoms. The van der Waals surface area contributed by atoms with Gasteiger partial charge in [-0.15, -0.1) is 10.2 Å². The van der Waals surface area contributed by atoms with Crippen molar-refractivity contribution in [2.45, 2.75) is 24.1 Å². The molecule has 1 aromatic heterocycles. The summed E-state index contributed by atoms with van der Waals surface area (Å²) < 4.78 is 31.7. The Balaban J connectivity index is 1.86. The molecule has 2 N–H and O–H groups in total. The SMILES string of the molecule is COc1cccc(CCCNS(=O)(=O)c2nnc(NC(C)=O)s2)c1. The molecule has 8 nitrogen and oxygen atoms in total. The van der Waals surface area contributed by atoms with Gasteiger partial charge in [-0.25, -0.2) is 13.1 Å². The molecule has 130 valence electrons. The number of ether oxygens (including phenoxy) is 1. The second-order valence-corrected chi connectivity index (χ2v) is 7.83. The summed E-state index contributed by atoms with van der Waals surface area (Å²) >= 11 is 0.806. The Labute approximate surface area is 144 Å². The van der Waals surface area contributed by atoms with Crippen LogP contribution < -0.4 is 14.8 Å². The van der Waals surface area contributed by atoms with Gasteiger partial charge in [0.25, 0.3) is 10.0 Å². The van der Waals surface area contributed by atoms with E-state index < -0.39 is 10.0 Å². The van der Waals surface area contributed by atoms with Gasteiger partial charge in [-0.2, -0.15) is 0 Å². The molecular formula is C14H18N4O4S2. The topological polar surface area (TPSA) is 110 Å². The molecule has 0 atom stereocenters. The maximum atomic E-state index is 12.1. The number of hydrogen-bond donors (Lipinski definition) is 2. The number of methoxy groups -OCH3 is 1. The molecule has 0 saturated heterocycles. The molecule has 0 radical (unpaired) electrons. The molecule has 10 heteroatoms. The van der Waals surface area contributed by atoms with E-state index in [2.05, 4.69) is 20.2 Å². The van der Waals surface area contributed by atoms with Crippen molar-refractivity contribution >= 4 is 32.4 Å². The van der Waals surface area contributed by atoms with Gasteiger partial charge in [-0.05, 0) is 30.5 Å². The van der Waals surface area contributed by atoms with E-state index in [1.54, 1.807) is 7.11 Å². The summed E-state index contributed by atoms with van der Waals surface area (Å²) in [4.78, 5) is 10.9. The van der Waals surface area contributed by atoms with Crippen molar-refractivity contribution in [1.82, 2.24) is 14.9 Å². The van der Waals surface area contributed by atoms with Gasteiger partial charge in [0.05, 0.1) is 7.11 Å². The molecule has 0 saturated carbocycles. The monoisotopic (exact) mass is 370 g/mol. The quantitative estimate of drug-likeness (QED) is 0.537. The summed E-state index contributed by atoms with van der Waals surface area (Å²) in [7, 11) is -2.12. The van der Waals surface area contributed by atoms with Crippen molar-refractivity contribution in [2.24, 2.45) is 0 Å². The first-order valence-electron chi connectivity index (χ1n) is 7.14. The second-order valence-electron chi connectivity index (χ2n) is 4.91. The molecule has 0 aliphatic heterocycles. The van der Waals surface area contributed by atoms with E-state index in [0.29, 0.717) is 12.8 Å². The highest BCUT2D eigenvalue weighted by atomic mass is 32.2. The number of hydrogen-bond acceptors (Lipinski definition) is 7. The third-order valence-corrected chi connectivity index (χ3v) is 5.65. The summed E-state index contributed by atoms with van der Waals surface area (Å²) in [6.45, 7) is 1.58. The summed E-state index contributed by atoms with van der Waals surface area (Å²) in [5, 5.41) is 9.76. The zero-order valence-electron chi connectivity index (χ0n) is 13.3. The predicted octanol–water partition coefficient (Wildman–Crippen LogP) is 1.42. The van der Waals surface area contributed by atoms with Gasteiger partial charge in [0.2, 0.25) is 15.4 Å². The number of nitrogens with zero attached hydrogens (tertiary/aromatic N) is 2. The fraction of sp³-hybridized carbons (Fsp3) is 0.357. The molecule has 0 spiro atoms. The normalized spacial score (nSPS) is 11.2. The molecule has 2 rings (SSSR count). The second kappa shape index (κ2) is 8.18. The zero-order valence-corrected chi connectivity index (χ0v) is 14.9. The van der Waals surface area contributed by atoms with Crippen LogP contribution >= 0.6 is 11.3 Å². The summed E-state index contributed by atoms with van der Waals surface area (Å²) in [5.74, 6) is 0.439. The molecule has 0 fully saturated rings. The molecule has 1 aromatic carbocycles. The Morgan fingerprint density at radius 2 is 2.12 bits per heavy atom. The first-order valence-corrected chi connectivity index (χ1v) is 9.44. The molecule has 2 aromatic rings. The molecule has 0 aliphatic carbocycles. The van der Waals surface area contributed by atoms with Gasteiger partial charge in [-0.1, -0.05) is 23.5 Å². The van der Waals surface area contributed by atoms with Crippen molar-refractivity contribution in [2.75, 3.05) is 19.0 Å². The standard InChI is InChI=1S/C14H18N4O4S2/c1-10(19)16-13-17-18-14(23-13)24(20,21)15-8-4-6-11-5-3-7-12(9-11)22-2/h3,5,7,9,15H,4,6,8H2,1-2H3,(H,16,17,19). The van der Waals surface area contributed by atoms with Crippen molar-refractivity contribution < 1.29 is 17.9 Å². The number of aromatic nitrogens is 2. The third kappa shape index (κ3) is 5.25. The van der Waals surface area contributed by atoms with E-state index in [0.717, 1.165) is 22.6 Å². The molecule has 0 unspecified atom stereocenters. The number of nitrogens with one attached hydrogen (secondary N) is 2. The van der Waals surface area contributed by atoms with Crippen LogP contribution in [-0.2, 0) is 21.2 Å². The predicted molar refractivity (Wildman–Crippen MR) is 90.7 cm³/mol. The van der Waals surface area contributed by atoms with Gasteiger partial charge < -0.3 is 10.1 Å². The summed E-state index contributed by atoms with van der Waals surface area (Å²) in [5.41, 5.74) is 1.07. The maximum Gasteiger partial charge on any atom is 0.269 e. The van der Waals surface area contributed by atoms with Crippen LogP contribution in [0.1, 0.15) is 18.9 Å². The van der Waals surface area contributed by atoms with Crippen LogP contribution in [0.4, 0.5) is 5.13 Å².